The Morgan fingerprint density at radius 3 is 2.62 bits per heavy atom. The van der Waals surface area contributed by atoms with Gasteiger partial charge in [0.05, 0.1) is 6.61 Å². The second kappa shape index (κ2) is 5.15. The number of ether oxygens (including phenoxy) is 1. The molecule has 1 aliphatic carbocycles. The van der Waals surface area contributed by atoms with Crippen molar-refractivity contribution >= 4 is 5.78 Å². The van der Waals surface area contributed by atoms with Crippen molar-refractivity contribution in [2.45, 2.75) is 38.5 Å². The van der Waals surface area contributed by atoms with Gasteiger partial charge in [0.2, 0.25) is 0 Å². The number of hydrogen-bond donors (Lipinski definition) is 0. The second-order valence-electron chi connectivity index (χ2n) is 4.27. The molecule has 2 heteroatoms. The Morgan fingerprint density at radius 2 is 2.00 bits per heavy atom. The van der Waals surface area contributed by atoms with Gasteiger partial charge in [0, 0.05) is 12.3 Å². The van der Waals surface area contributed by atoms with Crippen LogP contribution < -0.4 is 4.74 Å². The van der Waals surface area contributed by atoms with Gasteiger partial charge in [0.15, 0.2) is 0 Å². The summed E-state index contributed by atoms with van der Waals surface area (Å²) in [5.41, 5.74) is 1.15. The number of benzene rings is 1. The summed E-state index contributed by atoms with van der Waals surface area (Å²) in [4.78, 5) is 11.8. The molecule has 0 bridgehead atoms. The number of hydrogen-bond acceptors (Lipinski definition) is 2. The first-order valence-electron chi connectivity index (χ1n) is 6.06. The Bertz CT molecular complexity index is 354. The molecule has 1 aromatic rings. The number of Topliss-reactive ketones (excluding diaryl/α,β-unsaturated/α-hetero) is 1. The van der Waals surface area contributed by atoms with Gasteiger partial charge in [-0.2, -0.15) is 0 Å². The number of ketones is 1. The average molecular weight is 218 g/mol. The van der Waals surface area contributed by atoms with Crippen LogP contribution in [0.1, 0.15) is 44.1 Å². The molecule has 1 fully saturated rings. The number of carbonyl (C=O) groups excluding carboxylic acids is 1. The van der Waals surface area contributed by atoms with Crippen molar-refractivity contribution in [3.05, 3.63) is 29.8 Å². The molecule has 0 radical (unpaired) electrons. The summed E-state index contributed by atoms with van der Waals surface area (Å²) in [6, 6.07) is 7.97. The Morgan fingerprint density at radius 1 is 1.25 bits per heavy atom. The quantitative estimate of drug-likeness (QED) is 0.778. The molecule has 0 saturated heterocycles. The fourth-order valence-corrected chi connectivity index (χ4v) is 2.30. The van der Waals surface area contributed by atoms with E-state index in [4.69, 9.17) is 4.74 Å². The van der Waals surface area contributed by atoms with Gasteiger partial charge < -0.3 is 4.74 Å². The van der Waals surface area contributed by atoms with E-state index in [1.165, 1.54) is 6.42 Å². The molecule has 16 heavy (non-hydrogen) atoms. The van der Waals surface area contributed by atoms with Gasteiger partial charge in [-0.1, -0.05) is 18.6 Å². The molecule has 86 valence electrons. The van der Waals surface area contributed by atoms with E-state index in [1.807, 2.05) is 31.2 Å². The topological polar surface area (TPSA) is 26.3 Å². The monoisotopic (exact) mass is 218 g/mol. The van der Waals surface area contributed by atoms with E-state index in [-0.39, 0.29) is 5.92 Å². The van der Waals surface area contributed by atoms with Crippen LogP contribution in [0.3, 0.4) is 0 Å². The highest BCUT2D eigenvalue weighted by atomic mass is 16.5. The molecule has 1 unspecified atom stereocenters. The first-order chi connectivity index (χ1) is 7.81. The molecule has 0 amide bonds. The Hall–Kier alpha value is -1.31. The van der Waals surface area contributed by atoms with E-state index < -0.39 is 0 Å². The highest BCUT2D eigenvalue weighted by molar-refractivity contribution is 5.86. The van der Waals surface area contributed by atoms with Crippen LogP contribution in [0.15, 0.2) is 24.3 Å². The Kier molecular flexibility index (Phi) is 3.60. The standard InChI is InChI=1S/C14H18O2/c1-2-16-12-9-7-11(8-10-12)13-5-3-4-6-14(13)15/h7-10,13H,2-6H2,1H3. The lowest BCUT2D eigenvalue weighted by atomic mass is 9.83. The van der Waals surface area contributed by atoms with E-state index in [2.05, 4.69) is 0 Å². The van der Waals surface area contributed by atoms with Crippen LogP contribution in [0.5, 0.6) is 5.75 Å². The van der Waals surface area contributed by atoms with Gasteiger partial charge >= 0.3 is 0 Å². The molecule has 1 atom stereocenters. The van der Waals surface area contributed by atoms with Crippen LogP contribution in [-0.2, 0) is 4.79 Å². The number of rotatable bonds is 3. The molecular weight excluding hydrogens is 200 g/mol. The minimum atomic E-state index is 0.129. The molecule has 0 spiro atoms. The predicted molar refractivity (Wildman–Crippen MR) is 63.8 cm³/mol. The van der Waals surface area contributed by atoms with Gasteiger partial charge in [-0.3, -0.25) is 4.79 Å². The lowest BCUT2D eigenvalue weighted by Crippen LogP contribution is -2.16. The summed E-state index contributed by atoms with van der Waals surface area (Å²) in [6.07, 6.45) is 3.99. The van der Waals surface area contributed by atoms with E-state index in [0.29, 0.717) is 12.4 Å². The average Bonchev–Trinajstić information content (AvgIpc) is 2.31. The number of carbonyl (C=O) groups is 1. The van der Waals surface area contributed by atoms with Gasteiger partial charge in [-0.05, 0) is 37.5 Å². The minimum Gasteiger partial charge on any atom is -0.494 e. The van der Waals surface area contributed by atoms with Gasteiger partial charge in [-0.25, -0.2) is 0 Å². The largest absolute Gasteiger partial charge is 0.494 e. The van der Waals surface area contributed by atoms with Crippen LogP contribution in [0.2, 0.25) is 0 Å². The van der Waals surface area contributed by atoms with Crippen molar-refractivity contribution in [2.24, 2.45) is 0 Å². The van der Waals surface area contributed by atoms with Gasteiger partial charge in [0.25, 0.3) is 0 Å². The van der Waals surface area contributed by atoms with Crippen LogP contribution in [0.4, 0.5) is 0 Å². The molecule has 0 aliphatic heterocycles. The van der Waals surface area contributed by atoms with E-state index in [1.54, 1.807) is 0 Å². The highest BCUT2D eigenvalue weighted by Crippen LogP contribution is 2.30. The zero-order valence-electron chi connectivity index (χ0n) is 9.74. The molecule has 1 saturated carbocycles. The Labute approximate surface area is 96.6 Å². The summed E-state index contributed by atoms with van der Waals surface area (Å²) in [7, 11) is 0. The van der Waals surface area contributed by atoms with Crippen molar-refractivity contribution in [1.29, 1.82) is 0 Å². The summed E-state index contributed by atoms with van der Waals surface area (Å²) in [5.74, 6) is 1.41. The smallest absolute Gasteiger partial charge is 0.140 e. The molecule has 1 aromatic carbocycles. The molecule has 0 aromatic heterocycles. The third-order valence-corrected chi connectivity index (χ3v) is 3.15. The maximum Gasteiger partial charge on any atom is 0.140 e. The second-order valence-corrected chi connectivity index (χ2v) is 4.27. The Balaban J connectivity index is 2.11. The first kappa shape index (κ1) is 11.2. The third kappa shape index (κ3) is 2.43. The normalized spacial score (nSPS) is 20.8. The van der Waals surface area contributed by atoms with Crippen LogP contribution in [0.25, 0.3) is 0 Å². The van der Waals surface area contributed by atoms with E-state index >= 15 is 0 Å². The van der Waals surface area contributed by atoms with E-state index in [0.717, 1.165) is 30.6 Å². The SMILES string of the molecule is CCOc1ccc(C2CCCCC2=O)cc1. The third-order valence-electron chi connectivity index (χ3n) is 3.15. The van der Waals surface area contributed by atoms with Crippen molar-refractivity contribution < 1.29 is 9.53 Å². The minimum absolute atomic E-state index is 0.129. The molecule has 0 N–H and O–H groups in total. The van der Waals surface area contributed by atoms with Crippen molar-refractivity contribution in [3.63, 3.8) is 0 Å². The van der Waals surface area contributed by atoms with Crippen molar-refractivity contribution in [3.8, 4) is 5.75 Å². The fraction of sp³-hybridized carbons (Fsp3) is 0.500. The van der Waals surface area contributed by atoms with E-state index in [9.17, 15) is 4.79 Å². The maximum atomic E-state index is 11.8. The predicted octanol–water partition coefficient (Wildman–Crippen LogP) is 3.31. The van der Waals surface area contributed by atoms with Crippen LogP contribution >= 0.6 is 0 Å². The molecule has 1 aliphatic rings. The highest BCUT2D eigenvalue weighted by Gasteiger charge is 2.23. The van der Waals surface area contributed by atoms with Crippen molar-refractivity contribution in [1.82, 2.24) is 0 Å². The summed E-state index contributed by atoms with van der Waals surface area (Å²) in [6.45, 7) is 2.65. The maximum absolute atomic E-state index is 11.8. The summed E-state index contributed by atoms with van der Waals surface area (Å²) >= 11 is 0. The van der Waals surface area contributed by atoms with Crippen molar-refractivity contribution in [2.75, 3.05) is 6.61 Å². The zero-order chi connectivity index (χ0) is 11.4. The molecular formula is C14H18O2. The first-order valence-corrected chi connectivity index (χ1v) is 6.06. The van der Waals surface area contributed by atoms with Crippen LogP contribution in [0, 0.1) is 0 Å². The van der Waals surface area contributed by atoms with Gasteiger partial charge in [-0.15, -0.1) is 0 Å². The van der Waals surface area contributed by atoms with Gasteiger partial charge in [0.1, 0.15) is 11.5 Å². The lowest BCUT2D eigenvalue weighted by Gasteiger charge is -2.20. The zero-order valence-corrected chi connectivity index (χ0v) is 9.74. The molecule has 2 nitrogen and oxygen atoms in total. The molecule has 2 rings (SSSR count). The lowest BCUT2D eigenvalue weighted by molar-refractivity contribution is -0.121. The molecule has 0 heterocycles. The van der Waals surface area contributed by atoms with Crippen LogP contribution in [-0.4, -0.2) is 12.4 Å². The summed E-state index contributed by atoms with van der Waals surface area (Å²) < 4.78 is 5.39. The summed E-state index contributed by atoms with van der Waals surface area (Å²) in [5, 5.41) is 0. The fourth-order valence-electron chi connectivity index (χ4n) is 2.30.